The maximum Gasteiger partial charge on any atom is 0.317 e. The minimum atomic E-state index is -3.04. The van der Waals surface area contributed by atoms with E-state index in [4.69, 9.17) is 4.52 Å². The summed E-state index contributed by atoms with van der Waals surface area (Å²) in [6.07, 6.45) is 7.77. The summed E-state index contributed by atoms with van der Waals surface area (Å²) < 4.78 is 17.5. The highest BCUT2D eigenvalue weighted by atomic mass is 79.9. The van der Waals surface area contributed by atoms with Gasteiger partial charge in [0.1, 0.15) is 0 Å². The molecule has 3 nitrogen and oxygen atoms in total. The van der Waals surface area contributed by atoms with Gasteiger partial charge in [0.15, 0.2) is 0 Å². The summed E-state index contributed by atoms with van der Waals surface area (Å²) in [5.74, 6) is 0. The van der Waals surface area contributed by atoms with E-state index in [0.29, 0.717) is 12.8 Å². The average molecular weight is 453 g/mol. The summed E-state index contributed by atoms with van der Waals surface area (Å²) >= 11 is 3.47. The molecule has 0 aliphatic heterocycles. The Morgan fingerprint density at radius 2 is 1.30 bits per heavy atom. The number of benzene rings is 2. The Morgan fingerprint density at radius 3 is 1.78 bits per heavy atom. The molecular formula is C22H30BrO3P. The molecule has 0 bridgehead atoms. The molecule has 2 aromatic rings. The molecule has 0 radical (unpaired) electrons. The normalized spacial score (nSPS) is 12.8. The predicted molar refractivity (Wildman–Crippen MR) is 117 cm³/mol. The van der Waals surface area contributed by atoms with E-state index in [2.05, 4.69) is 40.2 Å². The maximum absolute atomic E-state index is 11.7. The van der Waals surface area contributed by atoms with Crippen molar-refractivity contribution in [3.8, 4) is 0 Å². The van der Waals surface area contributed by atoms with Gasteiger partial charge in [-0.05, 0) is 24.0 Å². The van der Waals surface area contributed by atoms with Gasteiger partial charge in [-0.15, -0.1) is 0 Å². The van der Waals surface area contributed by atoms with E-state index in [9.17, 15) is 9.46 Å². The van der Waals surface area contributed by atoms with Crippen LogP contribution in [-0.4, -0.2) is 15.8 Å². The lowest BCUT2D eigenvalue weighted by atomic mass is 9.83. The standard InChI is InChI=1S/C22H30BrO3P/c23-17-11-3-1-2-10-16-22(26-27(24)25,18-20-12-6-4-7-13-20)19-21-14-8-5-9-15-21/h4-9,12-15,27H,1-3,10-11,16-19H2,(H,24,25). The quantitative estimate of drug-likeness (QED) is 0.219. The fourth-order valence-electron chi connectivity index (χ4n) is 3.56. The van der Waals surface area contributed by atoms with Crippen molar-refractivity contribution in [2.24, 2.45) is 0 Å². The number of alkyl halides is 1. The highest BCUT2D eigenvalue weighted by Gasteiger charge is 2.33. The molecule has 2 aromatic carbocycles. The van der Waals surface area contributed by atoms with Gasteiger partial charge in [-0.3, -0.25) is 4.57 Å². The zero-order valence-corrected chi connectivity index (χ0v) is 18.4. The van der Waals surface area contributed by atoms with Crippen LogP contribution in [0.15, 0.2) is 60.7 Å². The van der Waals surface area contributed by atoms with Crippen molar-refractivity contribution < 1.29 is 14.0 Å². The number of halogens is 1. The third kappa shape index (κ3) is 8.74. The summed E-state index contributed by atoms with van der Waals surface area (Å²) in [6, 6.07) is 20.2. The molecule has 0 aliphatic carbocycles. The average Bonchev–Trinajstić information content (AvgIpc) is 2.65. The maximum atomic E-state index is 11.7. The molecule has 2 rings (SSSR count). The Labute approximate surface area is 172 Å². The molecule has 1 unspecified atom stereocenters. The first-order valence-corrected chi connectivity index (χ1v) is 12.1. The molecule has 0 saturated carbocycles. The second kappa shape index (κ2) is 12.5. The van der Waals surface area contributed by atoms with Crippen molar-refractivity contribution in [2.45, 2.75) is 57.0 Å². The molecule has 0 fully saturated rings. The number of rotatable bonds is 13. The van der Waals surface area contributed by atoms with Crippen molar-refractivity contribution in [3.63, 3.8) is 0 Å². The van der Waals surface area contributed by atoms with Gasteiger partial charge in [0.25, 0.3) is 0 Å². The summed E-state index contributed by atoms with van der Waals surface area (Å²) in [6.45, 7) is 0. The topological polar surface area (TPSA) is 46.5 Å². The summed E-state index contributed by atoms with van der Waals surface area (Å²) in [4.78, 5) is 9.64. The molecular weight excluding hydrogens is 423 g/mol. The third-order valence-corrected chi connectivity index (χ3v) is 5.98. The Balaban J connectivity index is 2.14. The minimum absolute atomic E-state index is 0.640. The van der Waals surface area contributed by atoms with Crippen LogP contribution in [0, 0.1) is 0 Å². The van der Waals surface area contributed by atoms with Gasteiger partial charge >= 0.3 is 8.25 Å². The SMILES string of the molecule is O=[PH](O)OC(CCCCCCCBr)(Cc1ccccc1)Cc1ccccc1. The van der Waals surface area contributed by atoms with Crippen LogP contribution in [-0.2, 0) is 21.9 Å². The van der Waals surface area contributed by atoms with Crippen LogP contribution in [0.2, 0.25) is 0 Å². The fourth-order valence-corrected chi connectivity index (χ4v) is 4.57. The number of hydrogen-bond donors (Lipinski definition) is 1. The van der Waals surface area contributed by atoms with Crippen molar-refractivity contribution in [3.05, 3.63) is 71.8 Å². The highest BCUT2D eigenvalue weighted by molar-refractivity contribution is 9.09. The lowest BCUT2D eigenvalue weighted by molar-refractivity contribution is 0.0533. The second-order valence-corrected chi connectivity index (χ2v) is 8.61. The Bertz CT molecular complexity index is 622. The zero-order chi connectivity index (χ0) is 19.4. The Kier molecular flexibility index (Phi) is 10.4. The lowest BCUT2D eigenvalue weighted by Crippen LogP contribution is -2.36. The van der Waals surface area contributed by atoms with Crippen LogP contribution < -0.4 is 0 Å². The van der Waals surface area contributed by atoms with E-state index in [1.165, 1.54) is 19.3 Å². The van der Waals surface area contributed by atoms with Crippen molar-refractivity contribution in [2.75, 3.05) is 5.33 Å². The molecule has 27 heavy (non-hydrogen) atoms. The molecule has 0 heterocycles. The number of unbranched alkanes of at least 4 members (excludes halogenated alkanes) is 4. The van der Waals surface area contributed by atoms with Gasteiger partial charge in [0.2, 0.25) is 0 Å². The third-order valence-electron chi connectivity index (χ3n) is 4.81. The van der Waals surface area contributed by atoms with Crippen LogP contribution in [0.4, 0.5) is 0 Å². The largest absolute Gasteiger partial charge is 0.326 e. The van der Waals surface area contributed by atoms with Crippen LogP contribution in [0.25, 0.3) is 0 Å². The first-order valence-electron chi connectivity index (χ1n) is 9.69. The van der Waals surface area contributed by atoms with Gasteiger partial charge in [0.05, 0.1) is 5.60 Å². The molecule has 148 valence electrons. The van der Waals surface area contributed by atoms with Gasteiger partial charge in [-0.1, -0.05) is 102 Å². The van der Waals surface area contributed by atoms with E-state index < -0.39 is 13.9 Å². The van der Waals surface area contributed by atoms with Crippen molar-refractivity contribution in [1.29, 1.82) is 0 Å². The Hall–Kier alpha value is -0.930. The molecule has 5 heteroatoms. The van der Waals surface area contributed by atoms with Gasteiger partial charge in [-0.2, -0.15) is 0 Å². The van der Waals surface area contributed by atoms with Crippen molar-refractivity contribution >= 4 is 24.2 Å². The predicted octanol–water partition coefficient (Wildman–Crippen LogP) is 6.34. The second-order valence-electron chi connectivity index (χ2n) is 7.08. The lowest BCUT2D eigenvalue weighted by Gasteiger charge is -2.33. The van der Waals surface area contributed by atoms with Crippen LogP contribution >= 0.6 is 24.2 Å². The summed E-state index contributed by atoms with van der Waals surface area (Å²) in [7, 11) is -3.04. The van der Waals surface area contributed by atoms with E-state index in [-0.39, 0.29) is 0 Å². The van der Waals surface area contributed by atoms with Crippen LogP contribution in [0.1, 0.15) is 49.7 Å². The van der Waals surface area contributed by atoms with Crippen LogP contribution in [0.5, 0.6) is 0 Å². The summed E-state index contributed by atoms with van der Waals surface area (Å²) in [5, 5.41) is 1.05. The molecule has 0 spiro atoms. The monoisotopic (exact) mass is 452 g/mol. The van der Waals surface area contributed by atoms with Gasteiger partial charge < -0.3 is 9.42 Å². The van der Waals surface area contributed by atoms with Gasteiger partial charge in [0, 0.05) is 18.2 Å². The first-order chi connectivity index (χ1) is 13.1. The van der Waals surface area contributed by atoms with Crippen LogP contribution in [0.3, 0.4) is 0 Å². The Morgan fingerprint density at radius 1 is 0.815 bits per heavy atom. The molecule has 0 amide bonds. The molecule has 0 saturated heterocycles. The van der Waals surface area contributed by atoms with E-state index in [0.717, 1.165) is 35.7 Å². The van der Waals surface area contributed by atoms with Crippen molar-refractivity contribution in [1.82, 2.24) is 0 Å². The summed E-state index contributed by atoms with van der Waals surface area (Å²) in [5.41, 5.74) is 1.62. The molecule has 1 atom stereocenters. The molecule has 0 aliphatic rings. The highest BCUT2D eigenvalue weighted by Crippen LogP contribution is 2.36. The fraction of sp³-hybridized carbons (Fsp3) is 0.455. The van der Waals surface area contributed by atoms with E-state index >= 15 is 0 Å². The number of hydrogen-bond acceptors (Lipinski definition) is 2. The smallest absolute Gasteiger partial charge is 0.317 e. The molecule has 1 N–H and O–H groups in total. The minimum Gasteiger partial charge on any atom is -0.326 e. The zero-order valence-electron chi connectivity index (χ0n) is 15.8. The van der Waals surface area contributed by atoms with E-state index in [1.54, 1.807) is 0 Å². The molecule has 0 aromatic heterocycles. The van der Waals surface area contributed by atoms with Gasteiger partial charge in [-0.25, -0.2) is 0 Å². The van der Waals surface area contributed by atoms with E-state index in [1.807, 2.05) is 36.4 Å². The first kappa shape index (κ1) is 22.4.